The summed E-state index contributed by atoms with van der Waals surface area (Å²) in [5.74, 6) is 1.25. The molecule has 0 saturated carbocycles. The number of thioether (sulfide) groups is 1. The number of oxime groups is 1. The van der Waals surface area contributed by atoms with Gasteiger partial charge in [-0.25, -0.2) is 0 Å². The fourth-order valence-electron chi connectivity index (χ4n) is 1.37. The van der Waals surface area contributed by atoms with Crippen LogP contribution in [-0.4, -0.2) is 16.8 Å². The number of amidine groups is 1. The Morgan fingerprint density at radius 1 is 1.47 bits per heavy atom. The molecule has 0 aliphatic heterocycles. The Morgan fingerprint density at radius 2 is 2.24 bits per heavy atom. The molecule has 17 heavy (non-hydrogen) atoms. The second kappa shape index (κ2) is 7.61. The van der Waals surface area contributed by atoms with Gasteiger partial charge in [-0.1, -0.05) is 24.9 Å². The number of hydrogen-bond donors (Lipinski definition) is 2. The van der Waals surface area contributed by atoms with E-state index >= 15 is 0 Å². The Hall–Kier alpha value is -0.680. The average molecular weight is 317 g/mol. The van der Waals surface area contributed by atoms with Crippen LogP contribution in [0.5, 0.6) is 0 Å². The van der Waals surface area contributed by atoms with E-state index in [0.717, 1.165) is 15.8 Å². The fourth-order valence-corrected chi connectivity index (χ4v) is 3.02. The van der Waals surface area contributed by atoms with E-state index in [2.05, 4.69) is 28.0 Å². The van der Waals surface area contributed by atoms with E-state index in [1.54, 1.807) is 0 Å². The molecule has 3 nitrogen and oxygen atoms in total. The van der Waals surface area contributed by atoms with Gasteiger partial charge >= 0.3 is 0 Å². The molecule has 3 N–H and O–H groups in total. The van der Waals surface area contributed by atoms with Crippen LogP contribution in [0.2, 0.25) is 0 Å². The van der Waals surface area contributed by atoms with E-state index in [0.29, 0.717) is 0 Å². The van der Waals surface area contributed by atoms with Crippen molar-refractivity contribution >= 4 is 33.5 Å². The van der Waals surface area contributed by atoms with Crippen molar-refractivity contribution < 1.29 is 5.21 Å². The molecular formula is C12H17BrN2OS. The second-order valence-electron chi connectivity index (χ2n) is 3.69. The molecule has 0 radical (unpaired) electrons. The smallest absolute Gasteiger partial charge is 0.170 e. The van der Waals surface area contributed by atoms with Crippen LogP contribution >= 0.6 is 27.7 Å². The van der Waals surface area contributed by atoms with Crippen molar-refractivity contribution in [2.24, 2.45) is 10.9 Å². The molecule has 0 aliphatic rings. The predicted octanol–water partition coefficient (Wildman–Crippen LogP) is 3.83. The number of halogens is 1. The van der Waals surface area contributed by atoms with Gasteiger partial charge in [0.15, 0.2) is 5.84 Å². The minimum atomic E-state index is 0.133. The highest BCUT2D eigenvalue weighted by Crippen LogP contribution is 2.29. The zero-order chi connectivity index (χ0) is 12.7. The van der Waals surface area contributed by atoms with E-state index in [-0.39, 0.29) is 5.84 Å². The van der Waals surface area contributed by atoms with Crippen LogP contribution in [0.1, 0.15) is 31.7 Å². The first-order chi connectivity index (χ1) is 8.19. The number of benzene rings is 1. The lowest BCUT2D eigenvalue weighted by atomic mass is 10.2. The Labute approximate surface area is 115 Å². The summed E-state index contributed by atoms with van der Waals surface area (Å²) in [6.45, 7) is 2.20. The summed E-state index contributed by atoms with van der Waals surface area (Å²) in [7, 11) is 0. The van der Waals surface area contributed by atoms with Crippen molar-refractivity contribution in [3.8, 4) is 0 Å². The minimum Gasteiger partial charge on any atom is -0.409 e. The van der Waals surface area contributed by atoms with Gasteiger partial charge in [-0.05, 0) is 46.3 Å². The zero-order valence-electron chi connectivity index (χ0n) is 9.82. The van der Waals surface area contributed by atoms with Gasteiger partial charge in [-0.3, -0.25) is 0 Å². The maximum atomic E-state index is 8.59. The molecule has 0 aliphatic carbocycles. The molecule has 0 amide bonds. The van der Waals surface area contributed by atoms with Gasteiger partial charge in [0.2, 0.25) is 0 Å². The molecule has 5 heteroatoms. The minimum absolute atomic E-state index is 0.133. The lowest BCUT2D eigenvalue weighted by Crippen LogP contribution is -2.12. The largest absolute Gasteiger partial charge is 0.409 e. The predicted molar refractivity (Wildman–Crippen MR) is 76.9 cm³/mol. The highest BCUT2D eigenvalue weighted by Gasteiger charge is 2.05. The number of nitrogens with zero attached hydrogens (tertiary/aromatic N) is 1. The van der Waals surface area contributed by atoms with Crippen molar-refractivity contribution in [2.75, 3.05) is 5.75 Å². The van der Waals surface area contributed by atoms with E-state index < -0.39 is 0 Å². The third-order valence-electron chi connectivity index (χ3n) is 2.34. The van der Waals surface area contributed by atoms with E-state index in [1.807, 2.05) is 30.0 Å². The number of nitrogens with two attached hydrogens (primary N) is 1. The van der Waals surface area contributed by atoms with Gasteiger partial charge in [-0.2, -0.15) is 0 Å². The van der Waals surface area contributed by atoms with Crippen molar-refractivity contribution in [1.29, 1.82) is 0 Å². The lowest BCUT2D eigenvalue weighted by molar-refractivity contribution is 0.318. The van der Waals surface area contributed by atoms with E-state index in [9.17, 15) is 0 Å². The van der Waals surface area contributed by atoms with Crippen LogP contribution in [0.15, 0.2) is 32.7 Å². The van der Waals surface area contributed by atoms with Gasteiger partial charge in [-0.15, -0.1) is 11.8 Å². The summed E-state index contributed by atoms with van der Waals surface area (Å²) < 4.78 is 0.989. The quantitative estimate of drug-likeness (QED) is 0.209. The van der Waals surface area contributed by atoms with E-state index in [1.165, 1.54) is 24.2 Å². The Balaban J connectivity index is 2.63. The maximum absolute atomic E-state index is 8.59. The second-order valence-corrected chi connectivity index (χ2v) is 5.68. The van der Waals surface area contributed by atoms with Crippen LogP contribution in [0.25, 0.3) is 0 Å². The molecule has 0 saturated heterocycles. The molecule has 0 bridgehead atoms. The highest BCUT2D eigenvalue weighted by molar-refractivity contribution is 9.10. The summed E-state index contributed by atoms with van der Waals surface area (Å²) in [5, 5.41) is 11.6. The van der Waals surface area contributed by atoms with Gasteiger partial charge in [0.25, 0.3) is 0 Å². The molecule has 1 aromatic carbocycles. The third-order valence-corrected chi connectivity index (χ3v) is 4.42. The molecule has 0 atom stereocenters. The third kappa shape index (κ3) is 4.60. The van der Waals surface area contributed by atoms with Crippen LogP contribution in [0.4, 0.5) is 0 Å². The van der Waals surface area contributed by atoms with Crippen molar-refractivity contribution in [3.05, 3.63) is 28.2 Å². The SMILES string of the molecule is CCCCCSc1ccc(/C(N)=N/O)cc1Br. The van der Waals surface area contributed by atoms with Gasteiger partial charge < -0.3 is 10.9 Å². The van der Waals surface area contributed by atoms with Crippen molar-refractivity contribution in [2.45, 2.75) is 31.1 Å². The Bertz CT molecular complexity index is 396. The van der Waals surface area contributed by atoms with Crippen molar-refractivity contribution in [3.63, 3.8) is 0 Å². The first-order valence-electron chi connectivity index (χ1n) is 5.59. The monoisotopic (exact) mass is 316 g/mol. The number of hydrogen-bond acceptors (Lipinski definition) is 3. The molecule has 94 valence electrons. The molecule has 1 aromatic rings. The molecule has 0 heterocycles. The molecule has 0 aromatic heterocycles. The Kier molecular flexibility index (Phi) is 6.44. The Morgan fingerprint density at radius 3 is 2.82 bits per heavy atom. The first-order valence-corrected chi connectivity index (χ1v) is 7.37. The first kappa shape index (κ1) is 14.4. The summed E-state index contributed by atoms with van der Waals surface area (Å²) in [4.78, 5) is 1.19. The maximum Gasteiger partial charge on any atom is 0.170 e. The van der Waals surface area contributed by atoms with Crippen LogP contribution in [0, 0.1) is 0 Å². The normalized spacial score (nSPS) is 11.8. The topological polar surface area (TPSA) is 58.6 Å². The molecule has 1 rings (SSSR count). The van der Waals surface area contributed by atoms with Crippen LogP contribution < -0.4 is 5.73 Å². The van der Waals surface area contributed by atoms with Crippen molar-refractivity contribution in [1.82, 2.24) is 0 Å². The standard InChI is InChI=1S/C12H17BrN2OS/c1-2-3-4-7-17-11-6-5-9(8-10(11)13)12(14)15-16/h5-6,8,16H,2-4,7H2,1H3,(H2,14,15). The van der Waals surface area contributed by atoms with Gasteiger partial charge in [0.1, 0.15) is 0 Å². The summed E-state index contributed by atoms with van der Waals surface area (Å²) >= 11 is 5.33. The molecular weight excluding hydrogens is 300 g/mol. The number of unbranched alkanes of at least 4 members (excludes halogenated alkanes) is 2. The van der Waals surface area contributed by atoms with Gasteiger partial charge in [0, 0.05) is 14.9 Å². The summed E-state index contributed by atoms with van der Waals surface area (Å²) in [5.41, 5.74) is 6.24. The fraction of sp³-hybridized carbons (Fsp3) is 0.417. The van der Waals surface area contributed by atoms with Crippen LogP contribution in [0.3, 0.4) is 0 Å². The lowest BCUT2D eigenvalue weighted by Gasteiger charge is -2.06. The van der Waals surface area contributed by atoms with Crippen LogP contribution in [-0.2, 0) is 0 Å². The molecule has 0 unspecified atom stereocenters. The van der Waals surface area contributed by atoms with Gasteiger partial charge in [0.05, 0.1) is 0 Å². The highest BCUT2D eigenvalue weighted by atomic mass is 79.9. The number of rotatable bonds is 6. The average Bonchev–Trinajstić information content (AvgIpc) is 2.35. The molecule has 0 fully saturated rings. The zero-order valence-corrected chi connectivity index (χ0v) is 12.2. The summed E-state index contributed by atoms with van der Waals surface area (Å²) in [6.07, 6.45) is 3.74. The molecule has 0 spiro atoms. The summed E-state index contributed by atoms with van der Waals surface area (Å²) in [6, 6.07) is 5.73. The van der Waals surface area contributed by atoms with E-state index in [4.69, 9.17) is 10.9 Å².